The minimum absolute atomic E-state index is 0.0243. The van der Waals surface area contributed by atoms with Crippen molar-refractivity contribution in [2.24, 2.45) is 7.05 Å². The van der Waals surface area contributed by atoms with Crippen molar-refractivity contribution in [3.8, 4) is 11.8 Å². The second-order valence-corrected chi connectivity index (χ2v) is 7.49. The largest absolute Gasteiger partial charge is 0.294 e. The van der Waals surface area contributed by atoms with Crippen LogP contribution in [0.2, 0.25) is 0 Å². The van der Waals surface area contributed by atoms with Gasteiger partial charge < -0.3 is 0 Å². The topological polar surface area (TPSA) is 72.7 Å². The summed E-state index contributed by atoms with van der Waals surface area (Å²) >= 11 is 0. The lowest BCUT2D eigenvalue weighted by atomic mass is 10.1. The van der Waals surface area contributed by atoms with Gasteiger partial charge in [-0.05, 0) is 42.8 Å². The highest BCUT2D eigenvalue weighted by molar-refractivity contribution is 5.97. The molecule has 8 heteroatoms. The number of halogens is 2. The van der Waals surface area contributed by atoms with Crippen LogP contribution in [0.3, 0.4) is 0 Å². The maximum Gasteiger partial charge on any atom is 0.278 e. The van der Waals surface area contributed by atoms with Crippen molar-refractivity contribution >= 4 is 16.7 Å². The van der Waals surface area contributed by atoms with Crippen LogP contribution in [0.4, 0.5) is 8.78 Å². The molecule has 2 aromatic heterocycles. The van der Waals surface area contributed by atoms with Crippen molar-refractivity contribution in [1.29, 1.82) is 0 Å². The average molecular weight is 434 g/mol. The van der Waals surface area contributed by atoms with Crippen LogP contribution in [-0.4, -0.2) is 25.3 Å². The molecule has 0 aliphatic rings. The quantitative estimate of drug-likeness (QED) is 0.385. The standard InChI is InChI=1S/C24H20F2N4O2/c1-15-23(24(32)30(29(15)2)14-17-8-10-19(25)20(26)11-17)22(31)6-4-3-5-16-7-9-18-13-27-28-21(18)12-16/h7-13H,4,6,14H2,1-2H3,(H,27,28). The Labute approximate surface area is 182 Å². The lowest BCUT2D eigenvalue weighted by Crippen LogP contribution is -2.25. The maximum atomic E-state index is 13.5. The molecule has 0 unspecified atom stereocenters. The van der Waals surface area contributed by atoms with Gasteiger partial charge >= 0.3 is 0 Å². The van der Waals surface area contributed by atoms with Crippen LogP contribution in [0.25, 0.3) is 10.9 Å². The zero-order chi connectivity index (χ0) is 22.8. The molecule has 4 aromatic rings. The van der Waals surface area contributed by atoms with Crippen LogP contribution < -0.4 is 5.56 Å². The number of Topliss-reactive ketones (excluding diaryl/α,β-unsaturated/α-hetero) is 1. The molecule has 6 nitrogen and oxygen atoms in total. The predicted octanol–water partition coefficient (Wildman–Crippen LogP) is 3.71. The molecule has 0 aliphatic heterocycles. The summed E-state index contributed by atoms with van der Waals surface area (Å²) in [6, 6.07) is 9.14. The van der Waals surface area contributed by atoms with Gasteiger partial charge in [0.1, 0.15) is 5.56 Å². The summed E-state index contributed by atoms with van der Waals surface area (Å²) in [5, 5.41) is 7.84. The molecule has 0 fully saturated rings. The number of fused-ring (bicyclic) bond motifs is 1. The van der Waals surface area contributed by atoms with Crippen LogP contribution in [0.15, 0.2) is 47.4 Å². The third-order valence-corrected chi connectivity index (χ3v) is 5.40. The fourth-order valence-electron chi connectivity index (χ4n) is 3.55. The van der Waals surface area contributed by atoms with Crippen molar-refractivity contribution in [3.05, 3.63) is 87.0 Å². The first-order valence-electron chi connectivity index (χ1n) is 10.0. The van der Waals surface area contributed by atoms with E-state index in [4.69, 9.17) is 0 Å². The number of nitrogens with zero attached hydrogens (tertiary/aromatic N) is 3. The van der Waals surface area contributed by atoms with Gasteiger partial charge in [-0.2, -0.15) is 5.10 Å². The minimum atomic E-state index is -0.983. The Morgan fingerprint density at radius 3 is 2.75 bits per heavy atom. The van der Waals surface area contributed by atoms with Crippen LogP contribution in [-0.2, 0) is 13.6 Å². The first-order chi connectivity index (χ1) is 15.3. The molecule has 0 bridgehead atoms. The predicted molar refractivity (Wildman–Crippen MR) is 116 cm³/mol. The van der Waals surface area contributed by atoms with Gasteiger partial charge in [0.05, 0.1) is 18.3 Å². The van der Waals surface area contributed by atoms with Gasteiger partial charge in [0, 0.05) is 36.5 Å². The number of aromatic nitrogens is 4. The normalized spacial score (nSPS) is 10.9. The van der Waals surface area contributed by atoms with Crippen molar-refractivity contribution in [2.75, 3.05) is 0 Å². The fraction of sp³-hybridized carbons (Fsp3) is 0.208. The molecule has 0 saturated carbocycles. The van der Waals surface area contributed by atoms with E-state index in [0.29, 0.717) is 17.7 Å². The Morgan fingerprint density at radius 1 is 1.16 bits per heavy atom. The molecular formula is C24H20F2N4O2. The molecule has 0 radical (unpaired) electrons. The molecule has 32 heavy (non-hydrogen) atoms. The number of carbonyl (C=O) groups is 1. The average Bonchev–Trinajstić information content (AvgIpc) is 3.32. The Balaban J connectivity index is 1.48. The number of ketones is 1. The second-order valence-electron chi connectivity index (χ2n) is 7.49. The Hall–Kier alpha value is -3.99. The summed E-state index contributed by atoms with van der Waals surface area (Å²) in [5.74, 6) is 3.75. The first-order valence-corrected chi connectivity index (χ1v) is 10.0. The number of rotatable bonds is 5. The van der Waals surface area contributed by atoms with Crippen LogP contribution in [0, 0.1) is 30.4 Å². The Bertz CT molecular complexity index is 1450. The van der Waals surface area contributed by atoms with Gasteiger partial charge in [-0.15, -0.1) is 0 Å². The van der Waals surface area contributed by atoms with Crippen molar-refractivity contribution < 1.29 is 13.6 Å². The van der Waals surface area contributed by atoms with Gasteiger partial charge in [-0.25, -0.2) is 13.5 Å². The van der Waals surface area contributed by atoms with Gasteiger partial charge in [-0.1, -0.05) is 17.9 Å². The Kier molecular flexibility index (Phi) is 5.73. The van der Waals surface area contributed by atoms with E-state index in [1.807, 2.05) is 18.2 Å². The number of H-pyrrole nitrogens is 1. The summed E-state index contributed by atoms with van der Waals surface area (Å²) in [6.45, 7) is 1.71. The lowest BCUT2D eigenvalue weighted by Gasteiger charge is -2.08. The monoisotopic (exact) mass is 434 g/mol. The number of carbonyl (C=O) groups excluding carboxylic acids is 1. The zero-order valence-electron chi connectivity index (χ0n) is 17.6. The molecule has 4 rings (SSSR count). The van der Waals surface area contributed by atoms with E-state index in [1.54, 1.807) is 24.9 Å². The summed E-state index contributed by atoms with van der Waals surface area (Å²) in [7, 11) is 1.65. The van der Waals surface area contributed by atoms with E-state index in [1.165, 1.54) is 10.7 Å². The lowest BCUT2D eigenvalue weighted by molar-refractivity contribution is 0.0982. The van der Waals surface area contributed by atoms with Gasteiger partial charge in [-0.3, -0.25) is 19.4 Å². The summed E-state index contributed by atoms with van der Waals surface area (Å²) in [6.07, 6.45) is 2.13. The van der Waals surface area contributed by atoms with Gasteiger partial charge in [0.15, 0.2) is 17.4 Å². The summed E-state index contributed by atoms with van der Waals surface area (Å²) < 4.78 is 29.6. The molecular weight excluding hydrogens is 414 g/mol. The van der Waals surface area contributed by atoms with E-state index in [-0.39, 0.29) is 24.3 Å². The van der Waals surface area contributed by atoms with Crippen molar-refractivity contribution in [2.45, 2.75) is 26.3 Å². The SMILES string of the molecule is Cc1c(C(=O)CCC#Cc2ccc3cn[nH]c3c2)c(=O)n(Cc2ccc(F)c(F)c2)n1C. The number of hydrogen-bond acceptors (Lipinski definition) is 3. The summed E-state index contributed by atoms with van der Waals surface area (Å²) in [4.78, 5) is 25.6. The maximum absolute atomic E-state index is 13.5. The van der Waals surface area contributed by atoms with Crippen molar-refractivity contribution in [1.82, 2.24) is 19.6 Å². The van der Waals surface area contributed by atoms with Crippen molar-refractivity contribution in [3.63, 3.8) is 0 Å². The first kappa shape index (κ1) is 21.2. The van der Waals surface area contributed by atoms with Crippen LogP contribution >= 0.6 is 0 Å². The number of hydrogen-bond donors (Lipinski definition) is 1. The number of aromatic amines is 1. The molecule has 162 valence electrons. The Morgan fingerprint density at radius 2 is 1.97 bits per heavy atom. The smallest absolute Gasteiger partial charge is 0.278 e. The number of nitrogens with one attached hydrogen (secondary N) is 1. The highest BCUT2D eigenvalue weighted by Crippen LogP contribution is 2.14. The molecule has 0 spiro atoms. The van der Waals surface area contributed by atoms with Gasteiger partial charge in [0.25, 0.3) is 5.56 Å². The van der Waals surface area contributed by atoms with Crippen LogP contribution in [0.5, 0.6) is 0 Å². The second kappa shape index (κ2) is 8.63. The van der Waals surface area contributed by atoms with E-state index < -0.39 is 17.2 Å². The molecule has 2 heterocycles. The molecule has 0 aliphatic carbocycles. The molecule has 0 atom stereocenters. The third kappa shape index (κ3) is 4.10. The summed E-state index contributed by atoms with van der Waals surface area (Å²) in [5.41, 5.74) is 2.26. The zero-order valence-corrected chi connectivity index (χ0v) is 17.6. The van der Waals surface area contributed by atoms with Crippen LogP contribution in [0.1, 0.15) is 40.0 Å². The van der Waals surface area contributed by atoms with E-state index in [0.717, 1.165) is 28.6 Å². The van der Waals surface area contributed by atoms with Gasteiger partial charge in [0.2, 0.25) is 0 Å². The highest BCUT2D eigenvalue weighted by atomic mass is 19.2. The van der Waals surface area contributed by atoms with E-state index in [9.17, 15) is 18.4 Å². The number of benzene rings is 2. The van der Waals surface area contributed by atoms with E-state index in [2.05, 4.69) is 22.0 Å². The molecule has 0 saturated heterocycles. The molecule has 1 N–H and O–H groups in total. The fourth-order valence-corrected chi connectivity index (χ4v) is 3.55. The van der Waals surface area contributed by atoms with E-state index >= 15 is 0 Å². The molecule has 0 amide bonds. The third-order valence-electron chi connectivity index (χ3n) is 5.40. The minimum Gasteiger partial charge on any atom is -0.294 e. The highest BCUT2D eigenvalue weighted by Gasteiger charge is 2.21. The molecule has 2 aromatic carbocycles.